The van der Waals surface area contributed by atoms with E-state index in [0.29, 0.717) is 5.56 Å². The van der Waals surface area contributed by atoms with Crippen molar-refractivity contribution in [2.24, 2.45) is 5.92 Å². The van der Waals surface area contributed by atoms with Gasteiger partial charge in [0.15, 0.2) is 0 Å². The van der Waals surface area contributed by atoms with E-state index in [1.165, 1.54) is 5.56 Å². The van der Waals surface area contributed by atoms with Gasteiger partial charge in [0.25, 0.3) is 5.91 Å². The third-order valence-electron chi connectivity index (χ3n) is 3.58. The van der Waals surface area contributed by atoms with E-state index in [0.717, 1.165) is 25.8 Å². The molecule has 0 saturated heterocycles. The summed E-state index contributed by atoms with van der Waals surface area (Å²) in [6.07, 6.45) is 2.07. The SMILES string of the molecule is CCc1ccc(C(=O)NNC(O)C(C)CCCNC)cc1. The minimum Gasteiger partial charge on any atom is -0.377 e. The molecule has 0 aromatic heterocycles. The summed E-state index contributed by atoms with van der Waals surface area (Å²) in [6, 6.07) is 7.45. The molecule has 2 atom stereocenters. The molecule has 0 aliphatic rings. The number of rotatable bonds is 9. The Labute approximate surface area is 127 Å². The van der Waals surface area contributed by atoms with E-state index in [1.807, 2.05) is 26.1 Å². The zero-order chi connectivity index (χ0) is 15.7. The van der Waals surface area contributed by atoms with Crippen molar-refractivity contribution in [2.45, 2.75) is 39.3 Å². The molecule has 0 bridgehead atoms. The quantitative estimate of drug-likeness (QED) is 0.316. The van der Waals surface area contributed by atoms with Crippen LogP contribution in [0.3, 0.4) is 0 Å². The number of carbonyl (C=O) groups excluding carboxylic acids is 1. The number of amides is 1. The van der Waals surface area contributed by atoms with Crippen molar-refractivity contribution in [3.8, 4) is 0 Å². The average molecular weight is 293 g/mol. The average Bonchev–Trinajstić information content (AvgIpc) is 2.52. The standard InChI is InChI=1S/C16H27N3O2/c1-4-13-7-9-14(10-8-13)16(21)19-18-15(20)12(2)6-5-11-17-3/h7-10,12,15,17-18,20H,4-6,11H2,1-3H3,(H,19,21). The second-order valence-corrected chi connectivity index (χ2v) is 5.32. The van der Waals surface area contributed by atoms with Crippen molar-refractivity contribution in [1.82, 2.24) is 16.2 Å². The van der Waals surface area contributed by atoms with E-state index in [9.17, 15) is 9.90 Å². The van der Waals surface area contributed by atoms with Crippen LogP contribution < -0.4 is 16.2 Å². The van der Waals surface area contributed by atoms with Crippen molar-refractivity contribution >= 4 is 5.91 Å². The lowest BCUT2D eigenvalue weighted by Gasteiger charge is -2.20. The van der Waals surface area contributed by atoms with Gasteiger partial charge in [0.05, 0.1) is 0 Å². The molecule has 2 unspecified atom stereocenters. The van der Waals surface area contributed by atoms with Crippen LogP contribution in [0.2, 0.25) is 0 Å². The molecule has 118 valence electrons. The predicted molar refractivity (Wildman–Crippen MR) is 84.8 cm³/mol. The summed E-state index contributed by atoms with van der Waals surface area (Å²) in [7, 11) is 1.91. The van der Waals surface area contributed by atoms with Gasteiger partial charge in [-0.15, -0.1) is 0 Å². The summed E-state index contributed by atoms with van der Waals surface area (Å²) in [5, 5.41) is 13.0. The largest absolute Gasteiger partial charge is 0.377 e. The first-order valence-corrected chi connectivity index (χ1v) is 7.56. The number of carbonyl (C=O) groups is 1. The summed E-state index contributed by atoms with van der Waals surface area (Å²) < 4.78 is 0. The Kier molecular flexibility index (Phi) is 7.97. The van der Waals surface area contributed by atoms with E-state index in [4.69, 9.17) is 0 Å². The molecule has 0 aliphatic heterocycles. The van der Waals surface area contributed by atoms with Gasteiger partial charge < -0.3 is 10.4 Å². The lowest BCUT2D eigenvalue weighted by Crippen LogP contribution is -2.47. The van der Waals surface area contributed by atoms with Crippen molar-refractivity contribution in [1.29, 1.82) is 0 Å². The maximum Gasteiger partial charge on any atom is 0.265 e. The third-order valence-corrected chi connectivity index (χ3v) is 3.58. The Morgan fingerprint density at radius 2 is 1.95 bits per heavy atom. The fourth-order valence-electron chi connectivity index (χ4n) is 2.00. The first kappa shape index (κ1) is 17.6. The van der Waals surface area contributed by atoms with Gasteiger partial charge >= 0.3 is 0 Å². The van der Waals surface area contributed by atoms with Gasteiger partial charge in [-0.2, -0.15) is 0 Å². The molecule has 5 nitrogen and oxygen atoms in total. The number of aryl methyl sites for hydroxylation is 1. The minimum absolute atomic E-state index is 0.0705. The topological polar surface area (TPSA) is 73.4 Å². The maximum absolute atomic E-state index is 11.9. The Hall–Kier alpha value is -1.43. The highest BCUT2D eigenvalue weighted by Gasteiger charge is 2.14. The van der Waals surface area contributed by atoms with Crippen LogP contribution in [0, 0.1) is 5.92 Å². The number of benzene rings is 1. The molecule has 0 saturated carbocycles. The molecule has 4 N–H and O–H groups in total. The zero-order valence-electron chi connectivity index (χ0n) is 13.1. The lowest BCUT2D eigenvalue weighted by molar-refractivity contribution is 0.0552. The number of hydrogen-bond acceptors (Lipinski definition) is 4. The van der Waals surface area contributed by atoms with E-state index in [1.54, 1.807) is 12.1 Å². The van der Waals surface area contributed by atoms with E-state index >= 15 is 0 Å². The first-order valence-electron chi connectivity index (χ1n) is 7.56. The first-order chi connectivity index (χ1) is 10.1. The van der Waals surface area contributed by atoms with E-state index < -0.39 is 6.23 Å². The molecule has 1 rings (SSSR count). The summed E-state index contributed by atoms with van der Waals surface area (Å²) in [6.45, 7) is 4.95. The van der Waals surface area contributed by atoms with E-state index in [-0.39, 0.29) is 11.8 Å². The molecule has 0 spiro atoms. The van der Waals surface area contributed by atoms with Crippen LogP contribution in [0.1, 0.15) is 42.6 Å². The minimum atomic E-state index is -0.749. The van der Waals surface area contributed by atoms with Gasteiger partial charge in [0.1, 0.15) is 6.23 Å². The summed E-state index contributed by atoms with van der Waals surface area (Å²) >= 11 is 0. The van der Waals surface area contributed by atoms with Crippen LogP contribution in [0.15, 0.2) is 24.3 Å². The molecular formula is C16H27N3O2. The second-order valence-electron chi connectivity index (χ2n) is 5.32. The van der Waals surface area contributed by atoms with Gasteiger partial charge in [-0.25, -0.2) is 5.43 Å². The van der Waals surface area contributed by atoms with E-state index in [2.05, 4.69) is 23.1 Å². The Bertz CT molecular complexity index is 420. The van der Waals surface area contributed by atoms with Crippen LogP contribution in [-0.4, -0.2) is 30.8 Å². The predicted octanol–water partition coefficient (Wildman–Crippen LogP) is 1.44. The number of aliphatic hydroxyl groups is 1. The van der Waals surface area contributed by atoms with Gasteiger partial charge in [-0.05, 0) is 56.5 Å². The van der Waals surface area contributed by atoms with Crippen LogP contribution >= 0.6 is 0 Å². The fourth-order valence-corrected chi connectivity index (χ4v) is 2.00. The fraction of sp³-hybridized carbons (Fsp3) is 0.562. The van der Waals surface area contributed by atoms with Crippen molar-refractivity contribution < 1.29 is 9.90 Å². The Morgan fingerprint density at radius 3 is 2.52 bits per heavy atom. The Morgan fingerprint density at radius 1 is 1.29 bits per heavy atom. The molecule has 21 heavy (non-hydrogen) atoms. The molecule has 5 heteroatoms. The summed E-state index contributed by atoms with van der Waals surface area (Å²) in [5.74, 6) is -0.166. The van der Waals surface area contributed by atoms with Gasteiger partial charge in [-0.3, -0.25) is 10.2 Å². The highest BCUT2D eigenvalue weighted by Crippen LogP contribution is 2.08. The number of hydrazine groups is 1. The second kappa shape index (κ2) is 9.50. The van der Waals surface area contributed by atoms with Crippen LogP contribution in [-0.2, 0) is 6.42 Å². The summed E-state index contributed by atoms with van der Waals surface area (Å²) in [5.41, 5.74) is 7.00. The molecule has 0 heterocycles. The smallest absolute Gasteiger partial charge is 0.265 e. The molecule has 1 amide bonds. The maximum atomic E-state index is 11.9. The van der Waals surface area contributed by atoms with Crippen LogP contribution in [0.4, 0.5) is 0 Å². The van der Waals surface area contributed by atoms with Crippen LogP contribution in [0.5, 0.6) is 0 Å². The number of nitrogens with one attached hydrogen (secondary N) is 3. The molecular weight excluding hydrogens is 266 g/mol. The molecule has 0 radical (unpaired) electrons. The van der Waals surface area contributed by atoms with Crippen molar-refractivity contribution in [3.05, 3.63) is 35.4 Å². The van der Waals surface area contributed by atoms with Crippen molar-refractivity contribution in [3.63, 3.8) is 0 Å². The molecule has 1 aromatic rings. The molecule has 1 aromatic carbocycles. The molecule has 0 aliphatic carbocycles. The number of hydrogen-bond donors (Lipinski definition) is 4. The normalized spacial score (nSPS) is 13.7. The molecule has 0 fully saturated rings. The van der Waals surface area contributed by atoms with Crippen molar-refractivity contribution in [2.75, 3.05) is 13.6 Å². The third kappa shape index (κ3) is 6.25. The zero-order valence-corrected chi connectivity index (χ0v) is 13.1. The lowest BCUT2D eigenvalue weighted by atomic mass is 10.0. The van der Waals surface area contributed by atoms with Crippen LogP contribution in [0.25, 0.3) is 0 Å². The van der Waals surface area contributed by atoms with Gasteiger partial charge in [0.2, 0.25) is 0 Å². The highest BCUT2D eigenvalue weighted by molar-refractivity contribution is 5.93. The Balaban J connectivity index is 2.37. The summed E-state index contributed by atoms with van der Waals surface area (Å²) in [4.78, 5) is 11.9. The highest BCUT2D eigenvalue weighted by atomic mass is 16.3. The number of aliphatic hydroxyl groups excluding tert-OH is 1. The van der Waals surface area contributed by atoms with Gasteiger partial charge in [0, 0.05) is 5.56 Å². The van der Waals surface area contributed by atoms with Gasteiger partial charge in [-0.1, -0.05) is 26.0 Å². The monoisotopic (exact) mass is 293 g/mol.